The summed E-state index contributed by atoms with van der Waals surface area (Å²) in [5, 5.41) is 3.02. The summed E-state index contributed by atoms with van der Waals surface area (Å²) in [4.78, 5) is 0. The van der Waals surface area contributed by atoms with Gasteiger partial charge in [-0.2, -0.15) is 4.31 Å². The average Bonchev–Trinajstić information content (AvgIpc) is 2.04. The minimum Gasteiger partial charge on any atom is -0.316 e. The Bertz CT molecular complexity index is 237. The highest BCUT2D eigenvalue weighted by Crippen LogP contribution is 2.06. The minimum atomic E-state index is -3.07. The molecule has 0 aromatic rings. The van der Waals surface area contributed by atoms with Crippen LogP contribution in [0.25, 0.3) is 0 Å². The molecule has 0 aliphatic rings. The first-order valence-corrected chi connectivity index (χ1v) is 6.76. The van der Waals surface area contributed by atoms with Crippen LogP contribution in [-0.4, -0.2) is 44.2 Å². The molecule has 0 bridgehead atoms. The summed E-state index contributed by atoms with van der Waals surface area (Å²) >= 11 is 0. The van der Waals surface area contributed by atoms with Crippen LogP contribution < -0.4 is 5.32 Å². The van der Waals surface area contributed by atoms with Crippen molar-refractivity contribution in [3.8, 4) is 0 Å². The predicted molar refractivity (Wildman–Crippen MR) is 59.8 cm³/mol. The van der Waals surface area contributed by atoms with Gasteiger partial charge in [-0.3, -0.25) is 0 Å². The van der Waals surface area contributed by atoms with Crippen LogP contribution in [0.2, 0.25) is 0 Å². The maximum absolute atomic E-state index is 11.8. The van der Waals surface area contributed by atoms with Crippen molar-refractivity contribution in [3.63, 3.8) is 0 Å². The highest BCUT2D eigenvalue weighted by Gasteiger charge is 2.22. The second-order valence-electron chi connectivity index (χ2n) is 3.47. The van der Waals surface area contributed by atoms with Crippen LogP contribution in [0.15, 0.2) is 0 Å². The molecule has 14 heavy (non-hydrogen) atoms. The SMILES string of the molecule is CCNCCS(=O)(=O)N(CC)C(C)C. The normalized spacial score (nSPS) is 12.7. The van der Waals surface area contributed by atoms with Crippen molar-refractivity contribution >= 4 is 10.0 Å². The number of hydrogen-bond acceptors (Lipinski definition) is 3. The molecule has 86 valence electrons. The summed E-state index contributed by atoms with van der Waals surface area (Å²) in [6.07, 6.45) is 0. The first kappa shape index (κ1) is 13.9. The Morgan fingerprint density at radius 1 is 1.29 bits per heavy atom. The highest BCUT2D eigenvalue weighted by atomic mass is 32.2. The van der Waals surface area contributed by atoms with Crippen LogP contribution in [0.3, 0.4) is 0 Å². The maximum Gasteiger partial charge on any atom is 0.215 e. The minimum absolute atomic E-state index is 0.0478. The van der Waals surface area contributed by atoms with Crippen LogP contribution in [0.5, 0.6) is 0 Å². The van der Waals surface area contributed by atoms with Crippen LogP contribution >= 0.6 is 0 Å². The van der Waals surface area contributed by atoms with E-state index in [0.717, 1.165) is 6.54 Å². The molecule has 5 heteroatoms. The summed E-state index contributed by atoms with van der Waals surface area (Å²) < 4.78 is 25.1. The Balaban J connectivity index is 4.28. The number of sulfonamides is 1. The molecule has 0 amide bonds. The lowest BCUT2D eigenvalue weighted by Crippen LogP contribution is -2.40. The number of hydrogen-bond donors (Lipinski definition) is 1. The second-order valence-corrected chi connectivity index (χ2v) is 5.51. The van der Waals surface area contributed by atoms with E-state index in [1.807, 2.05) is 27.7 Å². The summed E-state index contributed by atoms with van der Waals surface area (Å²) in [7, 11) is -3.07. The molecule has 0 fully saturated rings. The van der Waals surface area contributed by atoms with Crippen LogP contribution in [-0.2, 0) is 10.0 Å². The molecular weight excluding hydrogens is 200 g/mol. The third-order valence-corrected chi connectivity index (χ3v) is 4.15. The molecule has 0 atom stereocenters. The standard InChI is InChI=1S/C9H22N2O2S/c1-5-10-7-8-14(12,13)11(6-2)9(3)4/h9-10H,5-8H2,1-4H3. The molecule has 0 radical (unpaired) electrons. The van der Waals surface area contributed by atoms with Gasteiger partial charge < -0.3 is 5.32 Å². The predicted octanol–water partition coefficient (Wildman–Crippen LogP) is 0.656. The Morgan fingerprint density at radius 2 is 1.86 bits per heavy atom. The third kappa shape index (κ3) is 4.39. The lowest BCUT2D eigenvalue weighted by atomic mass is 10.4. The molecule has 0 unspecified atom stereocenters. The van der Waals surface area contributed by atoms with E-state index in [2.05, 4.69) is 5.32 Å². The molecule has 0 saturated heterocycles. The van der Waals surface area contributed by atoms with Gasteiger partial charge in [0.2, 0.25) is 10.0 Å². The molecule has 0 spiro atoms. The Labute approximate surface area is 87.7 Å². The summed E-state index contributed by atoms with van der Waals surface area (Å²) in [5.41, 5.74) is 0. The first-order chi connectivity index (χ1) is 6.45. The van der Waals surface area contributed by atoms with E-state index in [1.54, 1.807) is 0 Å². The van der Waals surface area contributed by atoms with Crippen LogP contribution in [0, 0.1) is 0 Å². The number of nitrogens with one attached hydrogen (secondary N) is 1. The molecule has 4 nitrogen and oxygen atoms in total. The van der Waals surface area contributed by atoms with Gasteiger partial charge in [0.05, 0.1) is 5.75 Å². The third-order valence-electron chi connectivity index (χ3n) is 2.03. The molecule has 0 saturated carbocycles. The van der Waals surface area contributed by atoms with Crippen LogP contribution in [0.4, 0.5) is 0 Å². The maximum atomic E-state index is 11.8. The highest BCUT2D eigenvalue weighted by molar-refractivity contribution is 7.89. The van der Waals surface area contributed by atoms with Crippen molar-refractivity contribution in [1.82, 2.24) is 9.62 Å². The van der Waals surface area contributed by atoms with Gasteiger partial charge in [0, 0.05) is 19.1 Å². The van der Waals surface area contributed by atoms with E-state index in [0.29, 0.717) is 13.1 Å². The van der Waals surface area contributed by atoms with Crippen LogP contribution in [0.1, 0.15) is 27.7 Å². The zero-order chi connectivity index (χ0) is 11.2. The summed E-state index contributed by atoms with van der Waals surface area (Å²) in [6, 6.07) is 0.0478. The van der Waals surface area contributed by atoms with E-state index in [-0.39, 0.29) is 11.8 Å². The molecule has 0 aliphatic heterocycles. The molecule has 0 rings (SSSR count). The quantitative estimate of drug-likeness (QED) is 0.644. The van der Waals surface area contributed by atoms with Gasteiger partial charge in [-0.15, -0.1) is 0 Å². The van der Waals surface area contributed by atoms with E-state index in [1.165, 1.54) is 4.31 Å². The summed E-state index contributed by atoms with van der Waals surface area (Å²) in [6.45, 7) is 9.51. The van der Waals surface area contributed by atoms with E-state index >= 15 is 0 Å². The average molecular weight is 222 g/mol. The Hall–Kier alpha value is -0.130. The van der Waals surface area contributed by atoms with Gasteiger partial charge in [0.1, 0.15) is 0 Å². The van der Waals surface area contributed by atoms with Gasteiger partial charge in [0.15, 0.2) is 0 Å². The van der Waals surface area contributed by atoms with Gasteiger partial charge >= 0.3 is 0 Å². The van der Waals surface area contributed by atoms with E-state index in [4.69, 9.17) is 0 Å². The lowest BCUT2D eigenvalue weighted by Gasteiger charge is -2.24. The lowest BCUT2D eigenvalue weighted by molar-refractivity contribution is 0.369. The van der Waals surface area contributed by atoms with Gasteiger partial charge in [-0.05, 0) is 20.4 Å². The zero-order valence-electron chi connectivity index (χ0n) is 9.58. The van der Waals surface area contributed by atoms with Crippen molar-refractivity contribution in [3.05, 3.63) is 0 Å². The zero-order valence-corrected chi connectivity index (χ0v) is 10.4. The smallest absolute Gasteiger partial charge is 0.215 e. The van der Waals surface area contributed by atoms with E-state index in [9.17, 15) is 8.42 Å². The van der Waals surface area contributed by atoms with Crippen molar-refractivity contribution < 1.29 is 8.42 Å². The fourth-order valence-electron chi connectivity index (χ4n) is 1.38. The Kier molecular flexibility index (Phi) is 6.31. The molecule has 1 N–H and O–H groups in total. The van der Waals surface area contributed by atoms with Gasteiger partial charge in [0.25, 0.3) is 0 Å². The molecule has 0 aromatic heterocycles. The van der Waals surface area contributed by atoms with Crippen molar-refractivity contribution in [2.45, 2.75) is 33.7 Å². The van der Waals surface area contributed by atoms with E-state index < -0.39 is 10.0 Å². The Morgan fingerprint density at radius 3 is 2.21 bits per heavy atom. The largest absolute Gasteiger partial charge is 0.316 e. The molecule has 0 heterocycles. The van der Waals surface area contributed by atoms with Crippen molar-refractivity contribution in [2.24, 2.45) is 0 Å². The van der Waals surface area contributed by atoms with Gasteiger partial charge in [-0.25, -0.2) is 8.42 Å². The summed E-state index contributed by atoms with van der Waals surface area (Å²) in [5.74, 6) is 0.187. The first-order valence-electron chi connectivity index (χ1n) is 5.16. The topological polar surface area (TPSA) is 49.4 Å². The molecule has 0 aromatic carbocycles. The monoisotopic (exact) mass is 222 g/mol. The fraction of sp³-hybridized carbons (Fsp3) is 1.00. The second kappa shape index (κ2) is 6.37. The van der Waals surface area contributed by atoms with Crippen molar-refractivity contribution in [1.29, 1.82) is 0 Å². The fourth-order valence-corrected chi connectivity index (χ4v) is 3.05. The van der Waals surface area contributed by atoms with Crippen molar-refractivity contribution in [2.75, 3.05) is 25.4 Å². The molecule has 0 aliphatic carbocycles. The molecular formula is C9H22N2O2S. The number of rotatable bonds is 7. The van der Waals surface area contributed by atoms with Gasteiger partial charge in [-0.1, -0.05) is 13.8 Å². The number of nitrogens with zero attached hydrogens (tertiary/aromatic N) is 1.